The Kier molecular flexibility index (Phi) is 3.94. The van der Waals surface area contributed by atoms with Gasteiger partial charge in [0.1, 0.15) is 0 Å². The van der Waals surface area contributed by atoms with E-state index in [0.29, 0.717) is 5.92 Å². The monoisotopic (exact) mass is 297 g/mol. The molecule has 1 saturated heterocycles. The number of benzene rings is 1. The first-order valence-corrected chi connectivity index (χ1v) is 8.45. The van der Waals surface area contributed by atoms with Crippen molar-refractivity contribution in [2.45, 2.75) is 44.6 Å². The van der Waals surface area contributed by atoms with Crippen molar-refractivity contribution in [2.75, 3.05) is 13.1 Å². The van der Waals surface area contributed by atoms with E-state index in [9.17, 15) is 0 Å². The zero-order valence-electron chi connectivity index (χ0n) is 12.9. The summed E-state index contributed by atoms with van der Waals surface area (Å²) in [4.78, 5) is 6.98. The van der Waals surface area contributed by atoms with Gasteiger partial charge < -0.3 is 4.52 Å². The van der Waals surface area contributed by atoms with Crippen LogP contribution in [-0.4, -0.2) is 28.1 Å². The molecule has 0 unspecified atom stereocenters. The predicted octanol–water partition coefficient (Wildman–Crippen LogP) is 3.40. The first kappa shape index (κ1) is 13.9. The second kappa shape index (κ2) is 6.21. The van der Waals surface area contributed by atoms with Crippen molar-refractivity contribution in [2.24, 2.45) is 5.92 Å². The van der Waals surface area contributed by atoms with Gasteiger partial charge in [0.05, 0.1) is 6.54 Å². The zero-order valence-corrected chi connectivity index (χ0v) is 12.9. The molecular formula is C18H23N3O. The molecule has 0 radical (unpaired) electrons. The maximum atomic E-state index is 5.39. The van der Waals surface area contributed by atoms with Crippen LogP contribution in [0.25, 0.3) is 0 Å². The van der Waals surface area contributed by atoms with Crippen molar-refractivity contribution < 1.29 is 4.52 Å². The van der Waals surface area contributed by atoms with Gasteiger partial charge >= 0.3 is 0 Å². The molecule has 2 aliphatic rings. The maximum absolute atomic E-state index is 5.39. The number of hydrogen-bond acceptors (Lipinski definition) is 4. The van der Waals surface area contributed by atoms with E-state index in [2.05, 4.69) is 45.4 Å². The Labute approximate surface area is 131 Å². The minimum Gasteiger partial charge on any atom is -0.338 e. The van der Waals surface area contributed by atoms with Crippen molar-refractivity contribution in [3.8, 4) is 0 Å². The average Bonchev–Trinajstić information content (AvgIpc) is 3.30. The van der Waals surface area contributed by atoms with Crippen LogP contribution in [0.4, 0.5) is 0 Å². The van der Waals surface area contributed by atoms with Gasteiger partial charge in [0.15, 0.2) is 5.82 Å². The van der Waals surface area contributed by atoms with Gasteiger partial charge in [-0.2, -0.15) is 4.98 Å². The van der Waals surface area contributed by atoms with Crippen LogP contribution in [0.2, 0.25) is 0 Å². The third-order valence-electron chi connectivity index (χ3n) is 4.86. The molecule has 116 valence electrons. The van der Waals surface area contributed by atoms with Crippen molar-refractivity contribution in [3.05, 3.63) is 47.6 Å². The highest BCUT2D eigenvalue weighted by molar-refractivity contribution is 5.15. The first-order chi connectivity index (χ1) is 10.9. The van der Waals surface area contributed by atoms with E-state index in [1.807, 2.05) is 0 Å². The molecule has 0 spiro atoms. The Hall–Kier alpha value is -1.68. The molecule has 0 bridgehead atoms. The highest BCUT2D eigenvalue weighted by Crippen LogP contribution is 2.38. The van der Waals surface area contributed by atoms with Gasteiger partial charge in [-0.05, 0) is 56.7 Å². The molecule has 4 heteroatoms. The minimum absolute atomic E-state index is 0.578. The van der Waals surface area contributed by atoms with Crippen molar-refractivity contribution in [3.63, 3.8) is 0 Å². The molecule has 22 heavy (non-hydrogen) atoms. The molecule has 1 saturated carbocycles. The summed E-state index contributed by atoms with van der Waals surface area (Å²) < 4.78 is 5.39. The summed E-state index contributed by atoms with van der Waals surface area (Å²) in [6.45, 7) is 3.09. The number of hydrogen-bond donors (Lipinski definition) is 0. The summed E-state index contributed by atoms with van der Waals surface area (Å²) in [5.74, 6) is 3.11. The summed E-state index contributed by atoms with van der Waals surface area (Å²) in [7, 11) is 0. The normalized spacial score (nSPS) is 20.4. The van der Waals surface area contributed by atoms with E-state index in [1.54, 1.807) is 0 Å². The Morgan fingerprint density at radius 2 is 1.82 bits per heavy atom. The second-order valence-electron chi connectivity index (χ2n) is 6.73. The topological polar surface area (TPSA) is 42.2 Å². The molecule has 2 fully saturated rings. The molecule has 1 aromatic heterocycles. The van der Waals surface area contributed by atoms with Crippen LogP contribution in [0, 0.1) is 5.92 Å². The highest BCUT2D eigenvalue weighted by atomic mass is 16.5. The summed E-state index contributed by atoms with van der Waals surface area (Å²) in [5, 5.41) is 4.10. The fourth-order valence-corrected chi connectivity index (χ4v) is 3.33. The van der Waals surface area contributed by atoms with Crippen LogP contribution >= 0.6 is 0 Å². The Bertz CT molecular complexity index is 598. The summed E-state index contributed by atoms with van der Waals surface area (Å²) in [6, 6.07) is 10.8. The standard InChI is InChI=1S/C18H23N3O/c1-2-4-14(5-3-1)12-15-8-10-21(11-9-15)13-17-19-18(20-22-17)16-6-7-16/h1-5,15-16H,6-13H2. The van der Waals surface area contributed by atoms with Gasteiger partial charge in [-0.15, -0.1) is 0 Å². The SMILES string of the molecule is c1ccc(CC2CCN(Cc3nc(C4CC4)no3)CC2)cc1. The third-order valence-corrected chi connectivity index (χ3v) is 4.86. The third kappa shape index (κ3) is 3.38. The molecule has 1 aliphatic heterocycles. The molecule has 2 heterocycles. The van der Waals surface area contributed by atoms with Crippen molar-refractivity contribution >= 4 is 0 Å². The summed E-state index contributed by atoms with van der Waals surface area (Å²) in [5.41, 5.74) is 1.46. The molecule has 2 aromatic rings. The molecule has 1 aromatic carbocycles. The Balaban J connectivity index is 1.26. The van der Waals surface area contributed by atoms with Gasteiger partial charge in [-0.3, -0.25) is 4.90 Å². The van der Waals surface area contributed by atoms with E-state index in [-0.39, 0.29) is 0 Å². The molecule has 0 atom stereocenters. The number of likely N-dealkylation sites (tertiary alicyclic amines) is 1. The number of rotatable bonds is 5. The largest absolute Gasteiger partial charge is 0.338 e. The van der Waals surface area contributed by atoms with E-state index in [0.717, 1.165) is 37.3 Å². The van der Waals surface area contributed by atoms with Crippen LogP contribution in [0.5, 0.6) is 0 Å². The fourth-order valence-electron chi connectivity index (χ4n) is 3.33. The van der Waals surface area contributed by atoms with E-state index < -0.39 is 0 Å². The maximum Gasteiger partial charge on any atom is 0.240 e. The first-order valence-electron chi connectivity index (χ1n) is 8.45. The van der Waals surface area contributed by atoms with Gasteiger partial charge in [-0.25, -0.2) is 0 Å². The molecule has 4 rings (SSSR count). The lowest BCUT2D eigenvalue weighted by atomic mass is 9.90. The Morgan fingerprint density at radius 1 is 1.05 bits per heavy atom. The van der Waals surface area contributed by atoms with Crippen LogP contribution < -0.4 is 0 Å². The van der Waals surface area contributed by atoms with E-state index in [4.69, 9.17) is 4.52 Å². The predicted molar refractivity (Wildman–Crippen MR) is 84.4 cm³/mol. The van der Waals surface area contributed by atoms with Gasteiger partial charge in [-0.1, -0.05) is 35.5 Å². The molecule has 0 N–H and O–H groups in total. The smallest absolute Gasteiger partial charge is 0.240 e. The van der Waals surface area contributed by atoms with Crippen LogP contribution in [0.15, 0.2) is 34.9 Å². The van der Waals surface area contributed by atoms with Crippen molar-refractivity contribution in [1.29, 1.82) is 0 Å². The van der Waals surface area contributed by atoms with Crippen LogP contribution in [-0.2, 0) is 13.0 Å². The van der Waals surface area contributed by atoms with Crippen molar-refractivity contribution in [1.82, 2.24) is 15.0 Å². The Morgan fingerprint density at radius 3 is 2.55 bits per heavy atom. The van der Waals surface area contributed by atoms with Gasteiger partial charge in [0.2, 0.25) is 5.89 Å². The highest BCUT2D eigenvalue weighted by Gasteiger charge is 2.29. The van der Waals surface area contributed by atoms with E-state index in [1.165, 1.54) is 37.7 Å². The quantitative estimate of drug-likeness (QED) is 0.848. The lowest BCUT2D eigenvalue weighted by Crippen LogP contribution is -2.34. The summed E-state index contributed by atoms with van der Waals surface area (Å²) >= 11 is 0. The van der Waals surface area contributed by atoms with Crippen LogP contribution in [0.3, 0.4) is 0 Å². The molecule has 0 amide bonds. The average molecular weight is 297 g/mol. The number of nitrogens with zero attached hydrogens (tertiary/aromatic N) is 3. The van der Waals surface area contributed by atoms with Gasteiger partial charge in [0.25, 0.3) is 0 Å². The molecular weight excluding hydrogens is 274 g/mol. The fraction of sp³-hybridized carbons (Fsp3) is 0.556. The molecule has 1 aliphatic carbocycles. The lowest BCUT2D eigenvalue weighted by molar-refractivity contribution is 0.159. The number of piperidine rings is 1. The number of aromatic nitrogens is 2. The van der Waals surface area contributed by atoms with Crippen LogP contribution in [0.1, 0.15) is 48.9 Å². The lowest BCUT2D eigenvalue weighted by Gasteiger charge is -2.31. The molecule has 4 nitrogen and oxygen atoms in total. The summed E-state index contributed by atoms with van der Waals surface area (Å²) in [6.07, 6.45) is 6.19. The second-order valence-corrected chi connectivity index (χ2v) is 6.73. The van der Waals surface area contributed by atoms with E-state index >= 15 is 0 Å². The zero-order chi connectivity index (χ0) is 14.8. The van der Waals surface area contributed by atoms with Gasteiger partial charge in [0, 0.05) is 5.92 Å². The minimum atomic E-state index is 0.578.